The molecule has 0 saturated carbocycles. The molecule has 13 heteroatoms. The van der Waals surface area contributed by atoms with E-state index in [1.54, 1.807) is 6.92 Å². The average molecular weight is 657 g/mol. The van der Waals surface area contributed by atoms with Crippen LogP contribution in [0.3, 0.4) is 0 Å². The molecule has 0 unspecified atom stereocenters. The van der Waals surface area contributed by atoms with Gasteiger partial charge in [0.05, 0.1) is 12.7 Å². The second-order valence-electron chi connectivity index (χ2n) is 12.7. The number of aromatic nitrogens is 2. The minimum Gasteiger partial charge on any atom is -0.457 e. The monoisotopic (exact) mass is 656 g/mol. The number of aromatic amines is 1. The zero-order chi connectivity index (χ0) is 33.5. The highest BCUT2D eigenvalue weighted by atomic mass is 16.7. The molecule has 13 nitrogen and oxygen atoms in total. The maximum atomic E-state index is 12.5. The number of carbonyl (C=O) groups is 1. The Hall–Kier alpha value is -2.13. The Balaban J connectivity index is 1.35. The van der Waals surface area contributed by atoms with Crippen LogP contribution in [0.25, 0.3) is 0 Å². The molecule has 1 aromatic heterocycles. The van der Waals surface area contributed by atoms with Crippen molar-refractivity contribution in [2.24, 2.45) is 0 Å². The highest BCUT2D eigenvalue weighted by Gasteiger charge is 2.51. The molecule has 0 spiro atoms. The number of aliphatic hydroxyl groups is 4. The van der Waals surface area contributed by atoms with Crippen LogP contribution >= 0.6 is 0 Å². The first-order chi connectivity index (χ1) is 22.2. The molecule has 0 bridgehead atoms. The van der Waals surface area contributed by atoms with Crippen molar-refractivity contribution in [2.75, 3.05) is 6.61 Å². The van der Waals surface area contributed by atoms with Gasteiger partial charge in [-0.25, -0.2) is 4.79 Å². The van der Waals surface area contributed by atoms with E-state index >= 15 is 0 Å². The molecule has 0 radical (unpaired) electrons. The zero-order valence-electron chi connectivity index (χ0n) is 27.5. The van der Waals surface area contributed by atoms with Gasteiger partial charge in [-0.3, -0.25) is 19.1 Å². The van der Waals surface area contributed by atoms with Crippen LogP contribution in [0.2, 0.25) is 0 Å². The fourth-order valence-corrected chi connectivity index (χ4v) is 6.15. The van der Waals surface area contributed by atoms with Gasteiger partial charge >= 0.3 is 11.7 Å². The third kappa shape index (κ3) is 11.5. The third-order valence-electron chi connectivity index (χ3n) is 8.94. The van der Waals surface area contributed by atoms with E-state index < -0.39 is 79.1 Å². The lowest BCUT2D eigenvalue weighted by Crippen LogP contribution is -2.60. The van der Waals surface area contributed by atoms with E-state index in [9.17, 15) is 34.8 Å². The molecule has 5 N–H and O–H groups in total. The van der Waals surface area contributed by atoms with Crippen molar-refractivity contribution < 1.29 is 44.2 Å². The van der Waals surface area contributed by atoms with Crippen LogP contribution in [-0.2, 0) is 23.7 Å². The molecule has 3 rings (SSSR count). The van der Waals surface area contributed by atoms with Crippen molar-refractivity contribution in [3.8, 4) is 0 Å². The first-order valence-corrected chi connectivity index (χ1v) is 17.3. The van der Waals surface area contributed by atoms with E-state index in [4.69, 9.17) is 18.9 Å². The van der Waals surface area contributed by atoms with Crippen molar-refractivity contribution in [1.82, 2.24) is 9.55 Å². The van der Waals surface area contributed by atoms with Gasteiger partial charge in [0, 0.05) is 18.7 Å². The molecule has 264 valence electrons. The Kier molecular flexibility index (Phi) is 16.9. The SMILES string of the molecule is CCCCCCCCCCCCCCCCCC(=O)O[C@H]1[C@@H](O)[C@H](O)[C@H](O[C@@H]2[C@H](O)[C@@H](CO)O[C@H]2n2ccc(=O)[nH]c2=O)O[C@H]1C. The summed E-state index contributed by atoms with van der Waals surface area (Å²) >= 11 is 0. The molecule has 2 aliphatic rings. The van der Waals surface area contributed by atoms with Crippen molar-refractivity contribution in [3.05, 3.63) is 33.1 Å². The summed E-state index contributed by atoms with van der Waals surface area (Å²) in [7, 11) is 0. The second kappa shape index (κ2) is 20.3. The summed E-state index contributed by atoms with van der Waals surface area (Å²) in [5.41, 5.74) is -1.48. The topological polar surface area (TPSA) is 190 Å². The summed E-state index contributed by atoms with van der Waals surface area (Å²) in [5, 5.41) is 41.9. The smallest absolute Gasteiger partial charge is 0.330 e. The summed E-state index contributed by atoms with van der Waals surface area (Å²) < 4.78 is 23.6. The maximum Gasteiger partial charge on any atom is 0.330 e. The molecule has 1 aromatic rings. The number of aliphatic hydroxyl groups excluding tert-OH is 4. The first-order valence-electron chi connectivity index (χ1n) is 17.3. The fourth-order valence-electron chi connectivity index (χ4n) is 6.15. The predicted molar refractivity (Wildman–Crippen MR) is 169 cm³/mol. The molecule has 2 saturated heterocycles. The first kappa shape index (κ1) is 38.3. The van der Waals surface area contributed by atoms with Gasteiger partial charge in [0.25, 0.3) is 5.56 Å². The third-order valence-corrected chi connectivity index (χ3v) is 8.94. The number of rotatable bonds is 21. The lowest BCUT2D eigenvalue weighted by Gasteiger charge is -2.42. The van der Waals surface area contributed by atoms with Gasteiger partial charge in [0.2, 0.25) is 0 Å². The Morgan fingerprint density at radius 3 is 1.93 bits per heavy atom. The summed E-state index contributed by atoms with van der Waals surface area (Å²) in [4.78, 5) is 38.5. The van der Waals surface area contributed by atoms with E-state index in [1.165, 1.54) is 70.6 Å². The molecular formula is C33H56N2O11. The van der Waals surface area contributed by atoms with Crippen molar-refractivity contribution in [3.63, 3.8) is 0 Å². The average Bonchev–Trinajstić information content (AvgIpc) is 3.34. The number of H-pyrrole nitrogens is 1. The zero-order valence-corrected chi connectivity index (χ0v) is 27.5. The van der Waals surface area contributed by atoms with E-state index in [1.807, 2.05) is 0 Å². The highest BCUT2D eigenvalue weighted by Crippen LogP contribution is 2.34. The van der Waals surface area contributed by atoms with Crippen molar-refractivity contribution in [2.45, 2.75) is 172 Å². The summed E-state index contributed by atoms with van der Waals surface area (Å²) in [5.74, 6) is -0.497. The number of hydrogen-bond donors (Lipinski definition) is 5. The van der Waals surface area contributed by atoms with E-state index in [0.29, 0.717) is 6.42 Å². The lowest BCUT2D eigenvalue weighted by molar-refractivity contribution is -0.315. The number of nitrogens with zero attached hydrogens (tertiary/aromatic N) is 1. The Bertz CT molecular complexity index is 1130. The molecule has 9 atom stereocenters. The van der Waals surface area contributed by atoms with E-state index in [-0.39, 0.29) is 6.42 Å². The van der Waals surface area contributed by atoms with Crippen LogP contribution in [0.5, 0.6) is 0 Å². The lowest BCUT2D eigenvalue weighted by atomic mass is 9.99. The number of carbonyl (C=O) groups excluding carboxylic acids is 1. The van der Waals surface area contributed by atoms with Gasteiger partial charge in [0.15, 0.2) is 18.6 Å². The van der Waals surface area contributed by atoms with Gasteiger partial charge in [-0.05, 0) is 13.3 Å². The molecule has 0 aliphatic carbocycles. The fraction of sp³-hybridized carbons (Fsp3) is 0.848. The second-order valence-corrected chi connectivity index (χ2v) is 12.7. The molecule has 46 heavy (non-hydrogen) atoms. The van der Waals surface area contributed by atoms with Crippen LogP contribution in [0.15, 0.2) is 21.9 Å². The summed E-state index contributed by atoms with van der Waals surface area (Å²) in [6.07, 6.45) is 7.68. The highest BCUT2D eigenvalue weighted by molar-refractivity contribution is 5.69. The van der Waals surface area contributed by atoms with Gasteiger partial charge < -0.3 is 39.4 Å². The molecule has 0 amide bonds. The normalized spacial score (nSPS) is 29.7. The quantitative estimate of drug-likeness (QED) is 0.0966. The van der Waals surface area contributed by atoms with Crippen LogP contribution in [0, 0.1) is 0 Å². The van der Waals surface area contributed by atoms with Gasteiger partial charge in [-0.15, -0.1) is 0 Å². The minimum absolute atomic E-state index is 0.188. The molecule has 2 fully saturated rings. The molecule has 0 aromatic carbocycles. The Morgan fingerprint density at radius 2 is 1.39 bits per heavy atom. The van der Waals surface area contributed by atoms with Crippen LogP contribution < -0.4 is 11.2 Å². The number of hydrogen-bond acceptors (Lipinski definition) is 11. The maximum absolute atomic E-state index is 12.5. The number of ether oxygens (including phenoxy) is 4. The van der Waals surface area contributed by atoms with Gasteiger partial charge in [0.1, 0.15) is 30.5 Å². The standard InChI is InChI=1S/C33H56N2O11/c1-3-4-5-6-7-8-9-10-11-12-13-14-15-16-17-18-25(38)45-29-22(2)43-32(28(41)27(29)40)46-30-26(39)23(21-36)44-31(30)35-20-19-24(37)34-33(35)42/h19-20,22-23,26-32,36,39-41H,3-18,21H2,1-2H3,(H,34,37,42)/t22-,23+,26+,27-,28-,29+,30+,31+,32-/m0/s1. The van der Waals surface area contributed by atoms with E-state index in [0.717, 1.165) is 36.1 Å². The van der Waals surface area contributed by atoms with Gasteiger partial charge in [-0.2, -0.15) is 0 Å². The van der Waals surface area contributed by atoms with Crippen LogP contribution in [0.1, 0.15) is 123 Å². The number of esters is 1. The number of unbranched alkanes of at least 4 members (excludes halogenated alkanes) is 14. The Morgan fingerprint density at radius 1 is 0.826 bits per heavy atom. The minimum atomic E-state index is -1.67. The van der Waals surface area contributed by atoms with Crippen LogP contribution in [-0.4, -0.2) is 91.6 Å². The summed E-state index contributed by atoms with van der Waals surface area (Å²) in [6.45, 7) is 3.20. The molecule has 3 heterocycles. The summed E-state index contributed by atoms with van der Waals surface area (Å²) in [6, 6.07) is 1.08. The predicted octanol–water partition coefficient (Wildman–Crippen LogP) is 2.81. The van der Waals surface area contributed by atoms with Gasteiger partial charge in [-0.1, -0.05) is 96.8 Å². The van der Waals surface area contributed by atoms with Crippen molar-refractivity contribution in [1.29, 1.82) is 0 Å². The van der Waals surface area contributed by atoms with E-state index in [2.05, 4.69) is 11.9 Å². The Labute approximate surface area is 271 Å². The molecule has 2 aliphatic heterocycles. The van der Waals surface area contributed by atoms with Crippen molar-refractivity contribution >= 4 is 5.97 Å². The van der Waals surface area contributed by atoms with Crippen LogP contribution in [0.4, 0.5) is 0 Å². The molecular weight excluding hydrogens is 600 g/mol. The largest absolute Gasteiger partial charge is 0.457 e. The number of nitrogens with one attached hydrogen (secondary N) is 1.